The minimum absolute atomic E-state index is 0.704. The lowest BCUT2D eigenvalue weighted by atomic mass is 10.4. The van der Waals surface area contributed by atoms with Gasteiger partial charge in [0.15, 0.2) is 0 Å². The van der Waals surface area contributed by atoms with Crippen molar-refractivity contribution in [3.63, 3.8) is 0 Å². The van der Waals surface area contributed by atoms with Gasteiger partial charge in [-0.1, -0.05) is 0 Å². The molecule has 11 heavy (non-hydrogen) atoms. The topological polar surface area (TPSA) is 127 Å². The Morgan fingerprint density at radius 2 is 1.73 bits per heavy atom. The van der Waals surface area contributed by atoms with Crippen molar-refractivity contribution in [2.75, 3.05) is 6.61 Å². The molecular formula is C4H8ClNO5. The average Bonchev–Trinajstić information content (AvgIpc) is 2.12. The maximum absolute atomic E-state index is 8.49. The zero-order chi connectivity index (χ0) is 8.91. The third-order valence-corrected chi connectivity index (χ3v) is 0.855. The van der Waals surface area contributed by atoms with E-state index in [9.17, 15) is 0 Å². The van der Waals surface area contributed by atoms with Crippen molar-refractivity contribution in [1.82, 2.24) is 0 Å². The first-order valence-corrected chi connectivity index (χ1v) is 3.99. The molecule has 0 atom stereocenters. The van der Waals surface area contributed by atoms with Gasteiger partial charge in [0.1, 0.15) is 0 Å². The third-order valence-electron chi connectivity index (χ3n) is 0.855. The molecule has 0 bridgehead atoms. The van der Waals surface area contributed by atoms with Crippen LogP contribution in [0.4, 0.5) is 0 Å². The summed E-state index contributed by atoms with van der Waals surface area (Å²) in [6, 6.07) is 0. The van der Waals surface area contributed by atoms with E-state index < -0.39 is 10.2 Å². The predicted octanol–water partition coefficient (Wildman–Crippen LogP) is -5.80. The van der Waals surface area contributed by atoms with Crippen molar-refractivity contribution in [1.29, 1.82) is 0 Å². The Balaban J connectivity index is 0.000000187. The molecule has 0 amide bonds. The van der Waals surface area contributed by atoms with Gasteiger partial charge in [0.2, 0.25) is 0 Å². The van der Waals surface area contributed by atoms with Crippen molar-refractivity contribution >= 4 is 5.90 Å². The van der Waals surface area contributed by atoms with E-state index in [1.54, 1.807) is 0 Å². The zero-order valence-corrected chi connectivity index (χ0v) is 6.37. The molecule has 0 unspecified atom stereocenters. The number of nitrogens with two attached hydrogens (primary N) is 1. The fourth-order valence-corrected chi connectivity index (χ4v) is 0.522. The van der Waals surface area contributed by atoms with Crippen LogP contribution in [0, 0.1) is 10.2 Å². The Morgan fingerprint density at radius 1 is 1.27 bits per heavy atom. The van der Waals surface area contributed by atoms with Gasteiger partial charge in [0.25, 0.3) is 0 Å². The molecule has 0 aromatic carbocycles. The molecule has 2 N–H and O–H groups in total. The SMILES string of the molecule is [NH2+]=C1CCCO1.[O-][Cl+3]([O-])([O-])[O-]. The molecule has 1 aliphatic rings. The minimum atomic E-state index is -4.94. The van der Waals surface area contributed by atoms with E-state index >= 15 is 0 Å². The smallest absolute Gasteiger partial charge is 0.333 e. The molecule has 0 radical (unpaired) electrons. The van der Waals surface area contributed by atoms with Crippen molar-refractivity contribution in [2.45, 2.75) is 12.8 Å². The van der Waals surface area contributed by atoms with Gasteiger partial charge in [0.05, 0.1) is 13.0 Å². The third kappa shape index (κ3) is 12.7. The molecule has 6 nitrogen and oxygen atoms in total. The summed E-state index contributed by atoms with van der Waals surface area (Å²) in [6.45, 7) is 0.825. The molecule has 1 fully saturated rings. The first-order chi connectivity index (χ1) is 4.89. The predicted molar refractivity (Wildman–Crippen MR) is 22.1 cm³/mol. The Bertz CT molecular complexity index is 119. The molecular weight excluding hydrogens is 177 g/mol. The van der Waals surface area contributed by atoms with Gasteiger partial charge in [0, 0.05) is 0 Å². The maximum atomic E-state index is 8.49. The van der Waals surface area contributed by atoms with Crippen molar-refractivity contribution in [2.24, 2.45) is 0 Å². The Kier molecular flexibility index (Phi) is 4.31. The first-order valence-electron chi connectivity index (χ1n) is 2.75. The minimum Gasteiger partial charge on any atom is -0.448 e. The van der Waals surface area contributed by atoms with Crippen LogP contribution in [0.3, 0.4) is 0 Å². The van der Waals surface area contributed by atoms with Crippen LogP contribution >= 0.6 is 0 Å². The van der Waals surface area contributed by atoms with E-state index in [4.69, 9.17) is 28.8 Å². The highest BCUT2D eigenvalue weighted by molar-refractivity contribution is 5.70. The molecule has 0 aromatic heterocycles. The molecule has 0 aliphatic carbocycles. The van der Waals surface area contributed by atoms with Crippen LogP contribution in [0.25, 0.3) is 0 Å². The zero-order valence-electron chi connectivity index (χ0n) is 5.62. The van der Waals surface area contributed by atoms with E-state index in [1.165, 1.54) is 0 Å². The van der Waals surface area contributed by atoms with Gasteiger partial charge in [-0.25, -0.2) is 24.0 Å². The normalized spacial score (nSPS) is 16.9. The van der Waals surface area contributed by atoms with E-state index in [2.05, 4.69) is 0 Å². The number of hydrogen-bond acceptors (Lipinski definition) is 5. The van der Waals surface area contributed by atoms with Crippen LogP contribution in [0.1, 0.15) is 12.8 Å². The molecule has 1 aliphatic heterocycles. The molecule has 0 spiro atoms. The van der Waals surface area contributed by atoms with Crippen molar-refractivity contribution < 1.29 is 39.0 Å². The Labute approximate surface area is 65.3 Å². The summed E-state index contributed by atoms with van der Waals surface area (Å²) in [5, 5.41) is 5.23. The van der Waals surface area contributed by atoms with Gasteiger partial charge in [-0.15, -0.1) is 10.2 Å². The molecule has 1 heterocycles. The lowest BCUT2D eigenvalue weighted by Gasteiger charge is -2.17. The fraction of sp³-hybridized carbons (Fsp3) is 0.750. The summed E-state index contributed by atoms with van der Waals surface area (Å²) >= 11 is 0. The van der Waals surface area contributed by atoms with Gasteiger partial charge in [-0.3, -0.25) is 0 Å². The largest absolute Gasteiger partial charge is 0.448 e. The lowest BCUT2D eigenvalue weighted by molar-refractivity contribution is -2.00. The van der Waals surface area contributed by atoms with Gasteiger partial charge >= 0.3 is 5.90 Å². The summed E-state index contributed by atoms with van der Waals surface area (Å²) in [4.78, 5) is 0. The maximum Gasteiger partial charge on any atom is 0.333 e. The summed E-state index contributed by atoms with van der Waals surface area (Å²) in [5.74, 6) is 0.704. The molecule has 1 saturated heterocycles. The fourth-order valence-electron chi connectivity index (χ4n) is 0.522. The van der Waals surface area contributed by atoms with Crippen LogP contribution in [0.15, 0.2) is 0 Å². The summed E-state index contributed by atoms with van der Waals surface area (Å²) in [7, 11) is -4.94. The number of ether oxygens (including phenoxy) is 1. The standard InChI is InChI=1S/C4H7NO.ClHO4/c5-4-2-1-3-6-4;2-1(3,4)5/h5H,1-3H2;(H,2,3,4,5). The average molecular weight is 186 g/mol. The summed E-state index contributed by atoms with van der Waals surface area (Å²) in [5.41, 5.74) is 0. The van der Waals surface area contributed by atoms with Gasteiger partial charge < -0.3 is 4.74 Å². The molecule has 0 saturated carbocycles. The van der Waals surface area contributed by atoms with E-state index in [0.717, 1.165) is 19.4 Å². The summed E-state index contributed by atoms with van der Waals surface area (Å²) in [6.07, 6.45) is 2.06. The van der Waals surface area contributed by atoms with Crippen LogP contribution in [-0.2, 0) is 4.74 Å². The first kappa shape index (κ1) is 10.6. The number of halogens is 1. The highest BCUT2D eigenvalue weighted by Crippen LogP contribution is 1.99. The second kappa shape index (κ2) is 4.47. The molecule has 7 heteroatoms. The van der Waals surface area contributed by atoms with Crippen LogP contribution in [0.5, 0.6) is 0 Å². The Morgan fingerprint density at radius 3 is 1.82 bits per heavy atom. The van der Waals surface area contributed by atoms with Crippen LogP contribution in [0.2, 0.25) is 0 Å². The van der Waals surface area contributed by atoms with Crippen LogP contribution in [-0.4, -0.2) is 12.5 Å². The van der Waals surface area contributed by atoms with Gasteiger partial charge in [-0.2, -0.15) is 0 Å². The van der Waals surface area contributed by atoms with E-state index in [1.807, 2.05) is 0 Å². The van der Waals surface area contributed by atoms with Crippen LogP contribution < -0.4 is 24.0 Å². The summed E-state index contributed by atoms with van der Waals surface area (Å²) < 4.78 is 38.8. The molecule has 1 rings (SSSR count). The number of hydrogen-bond donors (Lipinski definition) is 1. The number of rotatable bonds is 0. The quantitative estimate of drug-likeness (QED) is 0.402. The highest BCUT2D eigenvalue weighted by Gasteiger charge is 2.10. The molecule has 0 aromatic rings. The van der Waals surface area contributed by atoms with Gasteiger partial charge in [-0.05, 0) is 6.42 Å². The van der Waals surface area contributed by atoms with E-state index in [-0.39, 0.29) is 0 Å². The second-order valence-electron chi connectivity index (χ2n) is 1.80. The second-order valence-corrected chi connectivity index (χ2v) is 2.55. The highest BCUT2D eigenvalue weighted by atomic mass is 35.7. The lowest BCUT2D eigenvalue weighted by Crippen LogP contribution is -2.68. The monoisotopic (exact) mass is 185 g/mol. The molecule has 66 valence electrons. The van der Waals surface area contributed by atoms with Crippen molar-refractivity contribution in [3.05, 3.63) is 0 Å². The Hall–Kier alpha value is -0.400. The van der Waals surface area contributed by atoms with Crippen molar-refractivity contribution in [3.8, 4) is 0 Å². The van der Waals surface area contributed by atoms with E-state index in [0.29, 0.717) is 5.90 Å².